The van der Waals surface area contributed by atoms with Crippen LogP contribution in [0, 0.1) is 25.6 Å². The van der Waals surface area contributed by atoms with Crippen molar-refractivity contribution in [3.8, 4) is 11.6 Å². The summed E-state index contributed by atoms with van der Waals surface area (Å²) in [4.78, 5) is 28.5. The summed E-state index contributed by atoms with van der Waals surface area (Å²) in [5.74, 6) is -1.83. The molecule has 35 heavy (non-hydrogen) atoms. The minimum atomic E-state index is -0.510. The van der Waals surface area contributed by atoms with Gasteiger partial charge in [-0.15, -0.1) is 0 Å². The summed E-state index contributed by atoms with van der Waals surface area (Å²) < 4.78 is 16.3. The van der Waals surface area contributed by atoms with Crippen molar-refractivity contribution in [3.05, 3.63) is 70.9 Å². The van der Waals surface area contributed by atoms with E-state index in [0.717, 1.165) is 11.1 Å². The Kier molecular flexibility index (Phi) is 6.56. The van der Waals surface area contributed by atoms with Crippen molar-refractivity contribution in [2.45, 2.75) is 47.5 Å². The fourth-order valence-electron chi connectivity index (χ4n) is 4.24. The first kappa shape index (κ1) is 24.3. The highest BCUT2D eigenvalue weighted by molar-refractivity contribution is 6.44. The smallest absolute Gasteiger partial charge is 0.326 e. The molecular weight excluding hydrogens is 447 g/mol. The molecule has 2 aromatic heterocycles. The number of carbonyl (C=O) groups excluding carboxylic acids is 2. The van der Waals surface area contributed by atoms with Gasteiger partial charge in [-0.3, -0.25) is 14.5 Å². The summed E-state index contributed by atoms with van der Waals surface area (Å²) in [6.07, 6.45) is 4.65. The van der Waals surface area contributed by atoms with E-state index in [1.165, 1.54) is 33.8 Å². The molecule has 0 bridgehead atoms. The average molecular weight is 477 g/mol. The molecule has 4 rings (SSSR count). The molecule has 0 aliphatic carbocycles. The van der Waals surface area contributed by atoms with E-state index in [9.17, 15) is 19.1 Å². The van der Waals surface area contributed by atoms with Crippen LogP contribution in [-0.2, 0) is 16.0 Å². The third-order valence-corrected chi connectivity index (χ3v) is 6.11. The number of amides is 2. The largest absolute Gasteiger partial charge is 0.858 e. The molecule has 1 aliphatic rings. The maximum Gasteiger partial charge on any atom is 0.326 e. The molecule has 0 saturated heterocycles. The number of hydrogen-bond acceptors (Lipinski definition) is 4. The number of imide groups is 1. The van der Waals surface area contributed by atoms with E-state index in [-0.39, 0.29) is 29.3 Å². The zero-order valence-corrected chi connectivity index (χ0v) is 20.6. The van der Waals surface area contributed by atoms with Gasteiger partial charge < -0.3 is 5.11 Å². The summed E-state index contributed by atoms with van der Waals surface area (Å²) in [6.45, 7) is 9.92. The number of benzene rings is 1. The highest BCUT2D eigenvalue weighted by Gasteiger charge is 2.46. The molecule has 0 saturated carbocycles. The van der Waals surface area contributed by atoms with E-state index in [0.29, 0.717) is 24.2 Å². The van der Waals surface area contributed by atoms with Crippen molar-refractivity contribution in [1.82, 2.24) is 14.7 Å². The number of aryl methyl sites for hydroxylation is 3. The Labute approximate surface area is 204 Å². The van der Waals surface area contributed by atoms with Gasteiger partial charge in [0.2, 0.25) is 0 Å². The van der Waals surface area contributed by atoms with Crippen molar-refractivity contribution >= 4 is 23.1 Å². The first-order valence-corrected chi connectivity index (χ1v) is 11.8. The van der Waals surface area contributed by atoms with Crippen molar-refractivity contribution in [2.75, 3.05) is 6.54 Å². The molecule has 8 heteroatoms. The maximum atomic E-state index is 13.7. The number of nitrogens with zero attached hydrogens (tertiary/aromatic N) is 4. The minimum absolute atomic E-state index is 0.0528. The van der Waals surface area contributed by atoms with Gasteiger partial charge in [-0.05, 0) is 61.9 Å². The molecule has 1 aromatic carbocycles. The molecule has 3 aromatic rings. The minimum Gasteiger partial charge on any atom is -0.858 e. The Bertz CT molecular complexity index is 1340. The first-order valence-electron chi connectivity index (χ1n) is 11.8. The second-order valence-electron chi connectivity index (χ2n) is 9.32. The van der Waals surface area contributed by atoms with Gasteiger partial charge >= 0.3 is 5.91 Å². The molecule has 0 spiro atoms. The Hall–Kier alpha value is -3.81. The second kappa shape index (κ2) is 9.44. The molecule has 1 aliphatic heterocycles. The van der Waals surface area contributed by atoms with Crippen molar-refractivity contribution in [3.63, 3.8) is 0 Å². The van der Waals surface area contributed by atoms with Crippen LogP contribution in [0.5, 0.6) is 5.88 Å². The fraction of sp³-hybridized carbons (Fsp3) is 0.333. The molecule has 2 amide bonds. The quantitative estimate of drug-likeness (QED) is 0.387. The lowest BCUT2D eigenvalue weighted by Gasteiger charge is -2.17. The topological polar surface area (TPSA) is 82.1 Å². The molecule has 0 atom stereocenters. The van der Waals surface area contributed by atoms with E-state index in [1.54, 1.807) is 17.0 Å². The molecule has 0 radical (unpaired) electrons. The number of hydrogen-bond donors (Lipinski definition) is 0. The van der Waals surface area contributed by atoms with Crippen LogP contribution in [0.1, 0.15) is 49.6 Å². The summed E-state index contributed by atoms with van der Waals surface area (Å²) in [6, 6.07) is 7.29. The molecule has 182 valence electrons. The van der Waals surface area contributed by atoms with Crippen LogP contribution < -0.4 is 9.67 Å². The maximum absolute atomic E-state index is 13.7. The normalized spacial score (nSPS) is 14.1. The lowest BCUT2D eigenvalue weighted by Crippen LogP contribution is -2.41. The van der Waals surface area contributed by atoms with E-state index in [4.69, 9.17) is 0 Å². The fourth-order valence-corrected chi connectivity index (χ4v) is 4.24. The van der Waals surface area contributed by atoms with Crippen molar-refractivity contribution in [2.24, 2.45) is 5.92 Å². The Morgan fingerprint density at radius 1 is 1.06 bits per heavy atom. The molecule has 0 fully saturated rings. The van der Waals surface area contributed by atoms with Crippen LogP contribution in [0.3, 0.4) is 0 Å². The molecule has 0 N–H and O–H groups in total. The highest BCUT2D eigenvalue weighted by atomic mass is 19.1. The number of carbonyl (C=O) groups is 2. The summed E-state index contributed by atoms with van der Waals surface area (Å²) in [5, 5.41) is 18.2. The third-order valence-electron chi connectivity index (χ3n) is 6.11. The van der Waals surface area contributed by atoms with Gasteiger partial charge in [-0.2, -0.15) is 9.67 Å². The van der Waals surface area contributed by atoms with E-state index >= 15 is 0 Å². The van der Waals surface area contributed by atoms with Crippen molar-refractivity contribution in [1.29, 1.82) is 0 Å². The molecule has 3 heterocycles. The predicted octanol–water partition coefficient (Wildman–Crippen LogP) is 3.33. The standard InChI is InChI=1S/C27H29FN4O3/c1-6-7-21-22(26(34)32(29-21)20-10-8-19(28)9-11-20)23-24(30-13-12-17(4)18(5)15-30)27(35)31(25(23)33)14-16(2)3/h8-13,15-16H,6-7,14H2,1-5H3. The number of rotatable bonds is 7. The molecular formula is C27H29FN4O3. The lowest BCUT2D eigenvalue weighted by molar-refractivity contribution is -0.577. The summed E-state index contributed by atoms with van der Waals surface area (Å²) in [7, 11) is 0. The average Bonchev–Trinajstić information content (AvgIpc) is 3.24. The first-order chi connectivity index (χ1) is 16.6. The SMILES string of the molecule is CCCc1nn(-c2ccc(F)cc2)c([O-])c1C1=C([n+]2ccc(C)c(C)c2)C(=O)N(CC(C)C)C1=O. The van der Waals surface area contributed by atoms with Crippen LogP contribution in [0.25, 0.3) is 17.0 Å². The van der Waals surface area contributed by atoms with E-state index in [2.05, 4.69) is 5.10 Å². The van der Waals surface area contributed by atoms with Gasteiger partial charge in [0.25, 0.3) is 11.6 Å². The Morgan fingerprint density at radius 3 is 2.34 bits per heavy atom. The van der Waals surface area contributed by atoms with Crippen LogP contribution in [0.2, 0.25) is 0 Å². The third kappa shape index (κ3) is 4.36. The zero-order chi connectivity index (χ0) is 25.4. The molecule has 0 unspecified atom stereocenters. The van der Waals surface area contributed by atoms with Gasteiger partial charge in [0.05, 0.1) is 11.4 Å². The summed E-state index contributed by atoms with van der Waals surface area (Å²) in [5.41, 5.74) is 3.14. The Morgan fingerprint density at radius 2 is 1.74 bits per heavy atom. The Balaban J connectivity index is 2.00. The van der Waals surface area contributed by atoms with E-state index < -0.39 is 23.5 Å². The van der Waals surface area contributed by atoms with Crippen LogP contribution in [0.15, 0.2) is 42.7 Å². The highest BCUT2D eigenvalue weighted by Crippen LogP contribution is 2.37. The van der Waals surface area contributed by atoms with Crippen LogP contribution >= 0.6 is 0 Å². The number of aromatic nitrogens is 3. The second-order valence-corrected chi connectivity index (χ2v) is 9.32. The van der Waals surface area contributed by atoms with Gasteiger partial charge in [0.15, 0.2) is 12.4 Å². The monoisotopic (exact) mass is 476 g/mol. The molecule has 7 nitrogen and oxygen atoms in total. The zero-order valence-electron chi connectivity index (χ0n) is 20.6. The number of halogens is 1. The predicted molar refractivity (Wildman–Crippen MR) is 128 cm³/mol. The van der Waals surface area contributed by atoms with Crippen LogP contribution in [0.4, 0.5) is 4.39 Å². The van der Waals surface area contributed by atoms with Crippen LogP contribution in [-0.4, -0.2) is 33.0 Å². The van der Waals surface area contributed by atoms with Gasteiger partial charge in [-0.1, -0.05) is 27.2 Å². The van der Waals surface area contributed by atoms with Gasteiger partial charge in [0.1, 0.15) is 11.4 Å². The van der Waals surface area contributed by atoms with Gasteiger partial charge in [-0.25, -0.2) is 9.07 Å². The van der Waals surface area contributed by atoms with Gasteiger partial charge in [0, 0.05) is 23.7 Å². The van der Waals surface area contributed by atoms with E-state index in [1.807, 2.05) is 40.7 Å². The number of pyridine rings is 1. The van der Waals surface area contributed by atoms with Crippen molar-refractivity contribution < 1.29 is 23.7 Å². The summed E-state index contributed by atoms with van der Waals surface area (Å²) >= 11 is 0. The lowest BCUT2D eigenvalue weighted by atomic mass is 10.0.